The van der Waals surface area contributed by atoms with Gasteiger partial charge in [0, 0.05) is 43.6 Å². The Balaban J connectivity index is 1.42. The lowest BCUT2D eigenvalue weighted by molar-refractivity contribution is 0.383. The quantitative estimate of drug-likeness (QED) is 0.614. The van der Waals surface area contributed by atoms with Crippen molar-refractivity contribution in [1.82, 2.24) is 14.3 Å². The molecule has 0 atom stereocenters. The van der Waals surface area contributed by atoms with Crippen molar-refractivity contribution in [1.29, 1.82) is 0 Å². The highest BCUT2D eigenvalue weighted by atomic mass is 32.2. The molecule has 2 heterocycles. The largest absolute Gasteiger partial charge is 0.354 e. The molecule has 0 radical (unpaired) electrons. The zero-order valence-corrected chi connectivity index (χ0v) is 19.6. The van der Waals surface area contributed by atoms with Gasteiger partial charge in [0.1, 0.15) is 5.82 Å². The molecule has 0 unspecified atom stereocenters. The first-order chi connectivity index (χ1) is 15.3. The Morgan fingerprint density at radius 1 is 0.875 bits per heavy atom. The number of nitrogens with one attached hydrogen (secondary N) is 1. The highest BCUT2D eigenvalue weighted by Gasteiger charge is 2.28. The number of benzene rings is 2. The molecule has 0 bridgehead atoms. The number of anilines is 3. The van der Waals surface area contributed by atoms with Crippen molar-refractivity contribution in [2.45, 2.75) is 26.5 Å². The lowest BCUT2D eigenvalue weighted by Crippen LogP contribution is -2.49. The summed E-state index contributed by atoms with van der Waals surface area (Å²) in [5.74, 6) is 1.38. The van der Waals surface area contributed by atoms with Crippen molar-refractivity contribution >= 4 is 27.5 Å². The molecule has 1 N–H and O–H groups in total. The van der Waals surface area contributed by atoms with E-state index in [1.807, 2.05) is 75.4 Å². The van der Waals surface area contributed by atoms with Gasteiger partial charge in [0.05, 0.1) is 5.75 Å². The van der Waals surface area contributed by atoms with Crippen LogP contribution in [0.3, 0.4) is 0 Å². The molecule has 1 aliphatic heterocycles. The van der Waals surface area contributed by atoms with Crippen LogP contribution in [0.25, 0.3) is 0 Å². The Morgan fingerprint density at radius 2 is 1.59 bits per heavy atom. The number of piperazine rings is 1. The highest BCUT2D eigenvalue weighted by Crippen LogP contribution is 2.21. The zero-order valence-electron chi connectivity index (χ0n) is 18.7. The van der Waals surface area contributed by atoms with Crippen LogP contribution in [0.2, 0.25) is 0 Å². The Morgan fingerprint density at radius 3 is 2.28 bits per heavy atom. The van der Waals surface area contributed by atoms with Gasteiger partial charge < -0.3 is 10.2 Å². The van der Waals surface area contributed by atoms with Crippen LogP contribution in [0.15, 0.2) is 54.6 Å². The smallest absolute Gasteiger partial charge is 0.229 e. The van der Waals surface area contributed by atoms with Crippen molar-refractivity contribution in [3.05, 3.63) is 77.0 Å². The number of aromatic nitrogens is 2. The normalized spacial score (nSPS) is 15.0. The van der Waals surface area contributed by atoms with Crippen LogP contribution in [0.5, 0.6) is 0 Å². The molecule has 0 amide bonds. The highest BCUT2D eigenvalue weighted by molar-refractivity contribution is 7.88. The van der Waals surface area contributed by atoms with Gasteiger partial charge in [-0.25, -0.2) is 13.4 Å². The molecule has 4 rings (SSSR count). The third kappa shape index (κ3) is 5.44. The summed E-state index contributed by atoms with van der Waals surface area (Å²) in [7, 11) is -3.36. The molecule has 7 nitrogen and oxygen atoms in total. The minimum absolute atomic E-state index is 0.0336. The third-order valence-corrected chi connectivity index (χ3v) is 7.39. The van der Waals surface area contributed by atoms with Gasteiger partial charge in [0.15, 0.2) is 0 Å². The minimum Gasteiger partial charge on any atom is -0.354 e. The van der Waals surface area contributed by atoms with E-state index in [1.165, 1.54) is 5.56 Å². The van der Waals surface area contributed by atoms with Crippen LogP contribution in [-0.2, 0) is 15.8 Å². The molecular formula is C24H29N5O2S. The minimum atomic E-state index is -3.36. The molecule has 1 aliphatic rings. The first-order valence-corrected chi connectivity index (χ1v) is 12.4. The van der Waals surface area contributed by atoms with E-state index < -0.39 is 10.0 Å². The average molecular weight is 452 g/mol. The number of hydrogen-bond acceptors (Lipinski definition) is 6. The fourth-order valence-electron chi connectivity index (χ4n) is 3.84. The first-order valence-electron chi connectivity index (χ1n) is 10.8. The van der Waals surface area contributed by atoms with Gasteiger partial charge in [-0.2, -0.15) is 9.29 Å². The van der Waals surface area contributed by atoms with Crippen LogP contribution >= 0.6 is 0 Å². The first kappa shape index (κ1) is 22.2. The van der Waals surface area contributed by atoms with Gasteiger partial charge in [-0.3, -0.25) is 0 Å². The van der Waals surface area contributed by atoms with Crippen LogP contribution in [0.1, 0.15) is 22.4 Å². The maximum absolute atomic E-state index is 12.9. The summed E-state index contributed by atoms with van der Waals surface area (Å²) in [5.41, 5.74) is 4.87. The van der Waals surface area contributed by atoms with E-state index in [0.29, 0.717) is 32.1 Å². The second-order valence-corrected chi connectivity index (χ2v) is 10.3. The SMILES string of the molecule is Cc1ccc(Nc2nc(C)cc(N3CCN(S(=O)(=O)Cc4cccc(C)c4)CC3)n2)cc1. The summed E-state index contributed by atoms with van der Waals surface area (Å²) < 4.78 is 27.4. The molecule has 8 heteroatoms. The van der Waals surface area contributed by atoms with Crippen molar-refractivity contribution in [2.24, 2.45) is 0 Å². The van der Waals surface area contributed by atoms with Gasteiger partial charge >= 0.3 is 0 Å². The fraction of sp³-hybridized carbons (Fsp3) is 0.333. The number of sulfonamides is 1. The van der Waals surface area contributed by atoms with E-state index in [0.717, 1.165) is 28.3 Å². The maximum atomic E-state index is 12.9. The molecule has 1 fully saturated rings. The molecule has 32 heavy (non-hydrogen) atoms. The third-order valence-electron chi connectivity index (χ3n) is 5.54. The Bertz CT molecular complexity index is 1190. The van der Waals surface area contributed by atoms with Crippen molar-refractivity contribution in [2.75, 3.05) is 36.4 Å². The summed E-state index contributed by atoms with van der Waals surface area (Å²) in [6, 6.07) is 17.7. The van der Waals surface area contributed by atoms with E-state index in [1.54, 1.807) is 4.31 Å². The average Bonchev–Trinajstić information content (AvgIpc) is 2.75. The molecule has 3 aromatic rings. The second-order valence-electron chi connectivity index (χ2n) is 8.31. The van der Waals surface area contributed by atoms with Crippen LogP contribution < -0.4 is 10.2 Å². The molecule has 0 aliphatic carbocycles. The number of aryl methyl sites for hydroxylation is 3. The summed E-state index contributed by atoms with van der Waals surface area (Å²) in [5, 5.41) is 3.26. The van der Waals surface area contributed by atoms with Crippen LogP contribution in [0.4, 0.5) is 17.5 Å². The van der Waals surface area contributed by atoms with E-state index in [-0.39, 0.29) is 5.75 Å². The number of hydrogen-bond donors (Lipinski definition) is 1. The number of nitrogens with zero attached hydrogens (tertiary/aromatic N) is 4. The molecule has 168 valence electrons. The predicted octanol–water partition coefficient (Wildman–Crippen LogP) is 3.80. The number of rotatable bonds is 6. The molecule has 0 saturated carbocycles. The molecular weight excluding hydrogens is 422 g/mol. The Labute approximate surface area is 190 Å². The van der Waals surface area contributed by atoms with Gasteiger partial charge in [0.2, 0.25) is 16.0 Å². The van der Waals surface area contributed by atoms with E-state index in [2.05, 4.69) is 20.2 Å². The lowest BCUT2D eigenvalue weighted by atomic mass is 10.2. The predicted molar refractivity (Wildman–Crippen MR) is 129 cm³/mol. The van der Waals surface area contributed by atoms with Crippen LogP contribution in [0, 0.1) is 20.8 Å². The summed E-state index contributed by atoms with van der Waals surface area (Å²) in [6.45, 7) is 8.02. The lowest BCUT2D eigenvalue weighted by Gasteiger charge is -2.34. The van der Waals surface area contributed by atoms with Crippen molar-refractivity contribution in [3.8, 4) is 0 Å². The van der Waals surface area contributed by atoms with E-state index in [4.69, 9.17) is 0 Å². The van der Waals surface area contributed by atoms with Gasteiger partial charge in [-0.1, -0.05) is 47.5 Å². The van der Waals surface area contributed by atoms with Gasteiger partial charge in [0.25, 0.3) is 0 Å². The zero-order chi connectivity index (χ0) is 22.7. The molecule has 2 aromatic carbocycles. The van der Waals surface area contributed by atoms with Gasteiger partial charge in [-0.15, -0.1) is 0 Å². The molecule has 0 spiro atoms. The van der Waals surface area contributed by atoms with Gasteiger partial charge in [-0.05, 0) is 38.5 Å². The molecule has 1 aromatic heterocycles. The van der Waals surface area contributed by atoms with Crippen LogP contribution in [-0.4, -0.2) is 48.9 Å². The van der Waals surface area contributed by atoms with E-state index in [9.17, 15) is 8.42 Å². The summed E-state index contributed by atoms with van der Waals surface area (Å²) >= 11 is 0. The standard InChI is InChI=1S/C24H29N5O2S/c1-18-7-9-22(10-8-18)26-24-25-20(3)16-23(27-24)28-11-13-29(14-12-28)32(30,31)17-21-6-4-5-19(2)15-21/h4-10,15-16H,11-14,17H2,1-3H3,(H,25,26,27). The topological polar surface area (TPSA) is 78.4 Å². The Hall–Kier alpha value is -2.97. The summed E-state index contributed by atoms with van der Waals surface area (Å²) in [6.07, 6.45) is 0. The Kier molecular flexibility index (Phi) is 6.43. The fourth-order valence-corrected chi connectivity index (χ4v) is 5.34. The maximum Gasteiger partial charge on any atom is 0.229 e. The molecule has 1 saturated heterocycles. The monoisotopic (exact) mass is 451 g/mol. The van der Waals surface area contributed by atoms with Crippen molar-refractivity contribution < 1.29 is 8.42 Å². The summed E-state index contributed by atoms with van der Waals surface area (Å²) in [4.78, 5) is 11.3. The second kappa shape index (κ2) is 9.26. The van der Waals surface area contributed by atoms with E-state index >= 15 is 0 Å². The van der Waals surface area contributed by atoms with Crippen molar-refractivity contribution in [3.63, 3.8) is 0 Å².